The van der Waals surface area contributed by atoms with Crippen molar-refractivity contribution in [3.05, 3.63) is 57.5 Å². The second-order valence-corrected chi connectivity index (χ2v) is 4.99. The Morgan fingerprint density at radius 3 is 2.71 bits per heavy atom. The highest BCUT2D eigenvalue weighted by molar-refractivity contribution is 9.10. The molecule has 2 aromatic carbocycles. The lowest BCUT2D eigenvalue weighted by Gasteiger charge is -2.08. The Morgan fingerprint density at radius 1 is 1.18 bits per heavy atom. The lowest BCUT2D eigenvalue weighted by atomic mass is 10.2. The van der Waals surface area contributed by atoms with E-state index in [1.54, 1.807) is 6.07 Å². The fraction of sp³-hybridized carbons (Fsp3) is 0.0769. The lowest BCUT2D eigenvalue weighted by Crippen LogP contribution is -1.96. The Kier molecular flexibility index (Phi) is 3.92. The summed E-state index contributed by atoms with van der Waals surface area (Å²) in [5, 5.41) is 0.708. The van der Waals surface area contributed by atoms with Crippen molar-refractivity contribution < 1.29 is 4.74 Å². The second kappa shape index (κ2) is 5.43. The van der Waals surface area contributed by atoms with Crippen LogP contribution in [0.2, 0.25) is 5.02 Å². The molecule has 0 radical (unpaired) electrons. The van der Waals surface area contributed by atoms with Crippen molar-refractivity contribution in [3.63, 3.8) is 0 Å². The quantitative estimate of drug-likeness (QED) is 0.859. The van der Waals surface area contributed by atoms with Crippen molar-refractivity contribution in [3.8, 4) is 5.75 Å². The van der Waals surface area contributed by atoms with Gasteiger partial charge in [-0.05, 0) is 29.8 Å². The van der Waals surface area contributed by atoms with Crippen molar-refractivity contribution in [2.45, 2.75) is 6.61 Å². The third-order valence-electron chi connectivity index (χ3n) is 2.19. The highest BCUT2D eigenvalue weighted by Crippen LogP contribution is 2.23. The number of halogens is 2. The Hall–Kier alpha value is -1.19. The van der Waals surface area contributed by atoms with Gasteiger partial charge in [0.2, 0.25) is 0 Å². The van der Waals surface area contributed by atoms with Crippen LogP contribution in [-0.2, 0) is 6.61 Å². The van der Waals surface area contributed by atoms with E-state index in [-0.39, 0.29) is 0 Å². The third kappa shape index (κ3) is 3.65. The SMILES string of the molecule is Nc1cc(Br)cc(OCc2cccc(Cl)c2)c1. The van der Waals surface area contributed by atoms with Crippen LogP contribution in [-0.4, -0.2) is 0 Å². The molecule has 0 heterocycles. The molecule has 0 atom stereocenters. The van der Waals surface area contributed by atoms with Crippen molar-refractivity contribution >= 4 is 33.2 Å². The molecule has 17 heavy (non-hydrogen) atoms. The number of hydrogen-bond acceptors (Lipinski definition) is 2. The zero-order valence-corrected chi connectivity index (χ0v) is 11.3. The Bertz CT molecular complexity index is 510. The Balaban J connectivity index is 2.07. The van der Waals surface area contributed by atoms with Gasteiger partial charge < -0.3 is 10.5 Å². The number of anilines is 1. The smallest absolute Gasteiger partial charge is 0.122 e. The van der Waals surface area contributed by atoms with Gasteiger partial charge in [-0.25, -0.2) is 0 Å². The number of rotatable bonds is 3. The van der Waals surface area contributed by atoms with E-state index in [1.807, 2.05) is 36.4 Å². The van der Waals surface area contributed by atoms with Crippen LogP contribution < -0.4 is 10.5 Å². The summed E-state index contributed by atoms with van der Waals surface area (Å²) in [6.07, 6.45) is 0. The summed E-state index contributed by atoms with van der Waals surface area (Å²) in [5.74, 6) is 0.733. The summed E-state index contributed by atoms with van der Waals surface area (Å²) in [7, 11) is 0. The molecule has 0 aliphatic rings. The monoisotopic (exact) mass is 311 g/mol. The van der Waals surface area contributed by atoms with Gasteiger partial charge in [0.05, 0.1) is 0 Å². The first-order valence-electron chi connectivity index (χ1n) is 5.07. The van der Waals surface area contributed by atoms with Crippen molar-refractivity contribution in [1.29, 1.82) is 0 Å². The van der Waals surface area contributed by atoms with Gasteiger partial charge in [0, 0.05) is 21.2 Å². The van der Waals surface area contributed by atoms with Gasteiger partial charge in [-0.1, -0.05) is 39.7 Å². The first-order valence-corrected chi connectivity index (χ1v) is 6.24. The van der Waals surface area contributed by atoms with Gasteiger partial charge in [-0.3, -0.25) is 0 Å². The fourth-order valence-corrected chi connectivity index (χ4v) is 2.16. The van der Waals surface area contributed by atoms with E-state index in [0.29, 0.717) is 17.3 Å². The molecule has 0 amide bonds. The maximum atomic E-state index is 5.89. The first-order chi connectivity index (χ1) is 8.13. The molecule has 4 heteroatoms. The highest BCUT2D eigenvalue weighted by atomic mass is 79.9. The molecule has 0 aliphatic carbocycles. The summed E-state index contributed by atoms with van der Waals surface area (Å²) < 4.78 is 6.54. The fourth-order valence-electron chi connectivity index (χ4n) is 1.46. The van der Waals surface area contributed by atoms with Crippen LogP contribution in [0.4, 0.5) is 5.69 Å². The summed E-state index contributed by atoms with van der Waals surface area (Å²) in [4.78, 5) is 0. The van der Waals surface area contributed by atoms with Crippen LogP contribution in [0.3, 0.4) is 0 Å². The van der Waals surface area contributed by atoms with Crippen molar-refractivity contribution in [2.75, 3.05) is 5.73 Å². The number of nitrogen functional groups attached to an aromatic ring is 1. The Labute approximate surface area is 113 Å². The standard InChI is InChI=1S/C13H11BrClNO/c14-10-5-12(16)7-13(6-10)17-8-9-2-1-3-11(15)4-9/h1-7H,8,16H2. The molecular formula is C13H11BrClNO. The highest BCUT2D eigenvalue weighted by Gasteiger charge is 2.00. The van der Waals surface area contributed by atoms with Crippen LogP contribution in [0, 0.1) is 0 Å². The van der Waals surface area contributed by atoms with Crippen LogP contribution in [0.5, 0.6) is 5.75 Å². The summed E-state index contributed by atoms with van der Waals surface area (Å²) in [5.41, 5.74) is 7.41. The van der Waals surface area contributed by atoms with Gasteiger partial charge in [0.25, 0.3) is 0 Å². The van der Waals surface area contributed by atoms with Gasteiger partial charge in [-0.2, -0.15) is 0 Å². The van der Waals surface area contributed by atoms with Crippen molar-refractivity contribution in [1.82, 2.24) is 0 Å². The van der Waals surface area contributed by atoms with E-state index < -0.39 is 0 Å². The molecule has 0 unspecified atom stereocenters. The molecule has 0 aliphatic heterocycles. The molecular weight excluding hydrogens is 302 g/mol. The molecule has 0 aromatic heterocycles. The molecule has 0 fully saturated rings. The number of hydrogen-bond donors (Lipinski definition) is 1. The topological polar surface area (TPSA) is 35.2 Å². The Morgan fingerprint density at radius 2 is 2.00 bits per heavy atom. The minimum atomic E-state index is 0.469. The van der Waals surface area contributed by atoms with Gasteiger partial charge in [0.15, 0.2) is 0 Å². The molecule has 2 nitrogen and oxygen atoms in total. The van der Waals surface area contributed by atoms with Crippen LogP contribution in [0.1, 0.15) is 5.56 Å². The minimum Gasteiger partial charge on any atom is -0.489 e. The van der Waals surface area contributed by atoms with Crippen LogP contribution >= 0.6 is 27.5 Å². The third-order valence-corrected chi connectivity index (χ3v) is 2.88. The number of benzene rings is 2. The molecule has 0 saturated heterocycles. The second-order valence-electron chi connectivity index (χ2n) is 3.64. The van der Waals surface area contributed by atoms with Crippen LogP contribution in [0.25, 0.3) is 0 Å². The predicted molar refractivity (Wildman–Crippen MR) is 74.3 cm³/mol. The number of nitrogens with two attached hydrogens (primary N) is 1. The van der Waals surface area contributed by atoms with Crippen LogP contribution in [0.15, 0.2) is 46.9 Å². The summed E-state index contributed by atoms with van der Waals surface area (Å²) >= 11 is 9.26. The number of ether oxygens (including phenoxy) is 1. The molecule has 2 rings (SSSR count). The molecule has 0 bridgehead atoms. The largest absolute Gasteiger partial charge is 0.489 e. The maximum Gasteiger partial charge on any atom is 0.122 e. The normalized spacial score (nSPS) is 10.2. The lowest BCUT2D eigenvalue weighted by molar-refractivity contribution is 0.306. The first kappa shape index (κ1) is 12.3. The van der Waals surface area contributed by atoms with Gasteiger partial charge in [-0.15, -0.1) is 0 Å². The zero-order chi connectivity index (χ0) is 12.3. The van der Waals surface area contributed by atoms with Gasteiger partial charge >= 0.3 is 0 Å². The maximum absolute atomic E-state index is 5.89. The van der Waals surface area contributed by atoms with E-state index in [9.17, 15) is 0 Å². The molecule has 2 N–H and O–H groups in total. The summed E-state index contributed by atoms with van der Waals surface area (Å²) in [6, 6.07) is 13.1. The van der Waals surface area contributed by atoms with E-state index >= 15 is 0 Å². The average Bonchev–Trinajstić information content (AvgIpc) is 2.25. The molecule has 0 saturated carbocycles. The summed E-state index contributed by atoms with van der Waals surface area (Å²) in [6.45, 7) is 0.469. The molecule has 0 spiro atoms. The van der Waals surface area contributed by atoms with E-state index in [4.69, 9.17) is 22.1 Å². The zero-order valence-electron chi connectivity index (χ0n) is 8.99. The van der Waals surface area contributed by atoms with E-state index in [1.165, 1.54) is 0 Å². The average molecular weight is 313 g/mol. The predicted octanol–water partition coefficient (Wildman–Crippen LogP) is 4.26. The molecule has 2 aromatic rings. The van der Waals surface area contributed by atoms with Crippen molar-refractivity contribution in [2.24, 2.45) is 0 Å². The van der Waals surface area contributed by atoms with Gasteiger partial charge in [0.1, 0.15) is 12.4 Å². The van der Waals surface area contributed by atoms with E-state index in [0.717, 1.165) is 15.8 Å². The molecule has 88 valence electrons. The minimum absolute atomic E-state index is 0.469. The van der Waals surface area contributed by atoms with E-state index in [2.05, 4.69) is 15.9 Å².